The van der Waals surface area contributed by atoms with Crippen molar-refractivity contribution in [1.82, 2.24) is 0 Å². The molecule has 0 unspecified atom stereocenters. The minimum absolute atomic E-state index is 0.103. The molecule has 0 atom stereocenters. The first-order valence-corrected chi connectivity index (χ1v) is 4.54. The number of oxime groups is 1. The maximum absolute atomic E-state index is 10.7. The Bertz CT molecular complexity index is 249. The molecule has 0 aromatic heterocycles. The van der Waals surface area contributed by atoms with Gasteiger partial charge in [-0.05, 0) is 20.8 Å². The van der Waals surface area contributed by atoms with E-state index in [2.05, 4.69) is 5.16 Å². The molecule has 0 aliphatic heterocycles. The van der Waals surface area contributed by atoms with Crippen molar-refractivity contribution < 1.29 is 14.7 Å². The molecule has 0 bridgehead atoms. The summed E-state index contributed by atoms with van der Waals surface area (Å²) >= 11 is 0. The third-order valence-corrected chi connectivity index (χ3v) is 2.01. The number of carbonyl (C=O) groups is 1. The predicted octanol–water partition coefficient (Wildman–Crippen LogP) is 2.29. The minimum atomic E-state index is -1.27. The number of hydrogen-bond acceptors (Lipinski definition) is 3. The van der Waals surface area contributed by atoms with Gasteiger partial charge in [-0.3, -0.25) is 0 Å². The molecule has 0 fully saturated rings. The first-order chi connectivity index (χ1) is 6.07. The number of nitrogens with zero attached hydrogens (tertiary/aromatic N) is 1. The molecule has 4 heteroatoms. The van der Waals surface area contributed by atoms with Gasteiger partial charge in [0.25, 0.3) is 0 Å². The Kier molecular flexibility index (Phi) is 3.68. The first kappa shape index (κ1) is 12.9. The summed E-state index contributed by atoms with van der Waals surface area (Å²) in [5.41, 5.74) is -0.604. The Morgan fingerprint density at radius 2 is 1.64 bits per heavy atom. The number of hydrogen-bond donors (Lipinski definition) is 1. The third kappa shape index (κ3) is 3.77. The average molecular weight is 201 g/mol. The van der Waals surface area contributed by atoms with Crippen molar-refractivity contribution in [2.75, 3.05) is 0 Å². The van der Waals surface area contributed by atoms with E-state index in [9.17, 15) is 4.79 Å². The van der Waals surface area contributed by atoms with Gasteiger partial charge in [-0.2, -0.15) is 0 Å². The SMILES string of the molecule is C/C(=N\OC(C)(C)C(=O)O)C(C)(C)C. The van der Waals surface area contributed by atoms with E-state index in [4.69, 9.17) is 9.94 Å². The summed E-state index contributed by atoms with van der Waals surface area (Å²) in [6.45, 7) is 10.7. The summed E-state index contributed by atoms with van der Waals surface area (Å²) in [6.07, 6.45) is 0. The molecule has 0 rings (SSSR count). The predicted molar refractivity (Wildman–Crippen MR) is 55.4 cm³/mol. The molecule has 0 amide bonds. The molecule has 4 nitrogen and oxygen atoms in total. The van der Waals surface area contributed by atoms with Gasteiger partial charge in [0.1, 0.15) is 0 Å². The standard InChI is InChI=1S/C10H19NO3/c1-7(9(2,3)4)11-14-10(5,6)8(12)13/h1-6H3,(H,12,13)/b11-7+. The van der Waals surface area contributed by atoms with Gasteiger partial charge in [-0.25, -0.2) is 4.79 Å². The summed E-state index contributed by atoms with van der Waals surface area (Å²) in [4.78, 5) is 15.7. The third-order valence-electron chi connectivity index (χ3n) is 2.01. The number of aliphatic carboxylic acids is 1. The lowest BCUT2D eigenvalue weighted by Gasteiger charge is -2.21. The van der Waals surface area contributed by atoms with Crippen LogP contribution < -0.4 is 0 Å². The molecule has 0 heterocycles. The summed E-state index contributed by atoms with van der Waals surface area (Å²) in [7, 11) is 0. The van der Waals surface area contributed by atoms with Crippen LogP contribution in [0.25, 0.3) is 0 Å². The van der Waals surface area contributed by atoms with Crippen LogP contribution in [0.3, 0.4) is 0 Å². The van der Waals surface area contributed by atoms with Crippen LogP contribution in [0.2, 0.25) is 0 Å². The molecule has 0 aliphatic rings. The van der Waals surface area contributed by atoms with Gasteiger partial charge in [0.15, 0.2) is 0 Å². The Morgan fingerprint density at radius 3 is 1.93 bits per heavy atom. The highest BCUT2D eigenvalue weighted by Gasteiger charge is 2.30. The highest BCUT2D eigenvalue weighted by molar-refractivity contribution is 5.86. The van der Waals surface area contributed by atoms with E-state index < -0.39 is 11.6 Å². The summed E-state index contributed by atoms with van der Waals surface area (Å²) in [5, 5.41) is 12.6. The molecule has 0 saturated carbocycles. The largest absolute Gasteiger partial charge is 0.478 e. The summed E-state index contributed by atoms with van der Waals surface area (Å²) < 4.78 is 0. The van der Waals surface area contributed by atoms with E-state index in [0.29, 0.717) is 0 Å². The molecule has 14 heavy (non-hydrogen) atoms. The van der Waals surface area contributed by atoms with Crippen molar-refractivity contribution >= 4 is 11.7 Å². The van der Waals surface area contributed by atoms with Crippen molar-refractivity contribution in [3.8, 4) is 0 Å². The van der Waals surface area contributed by atoms with Crippen LogP contribution in [0.5, 0.6) is 0 Å². The zero-order valence-electron chi connectivity index (χ0n) is 9.71. The zero-order valence-corrected chi connectivity index (χ0v) is 9.71. The molecule has 0 aromatic rings. The lowest BCUT2D eigenvalue weighted by atomic mass is 9.91. The van der Waals surface area contributed by atoms with Crippen LogP contribution in [0.15, 0.2) is 5.16 Å². The maximum atomic E-state index is 10.7. The molecule has 0 aromatic carbocycles. The van der Waals surface area contributed by atoms with Crippen molar-refractivity contribution in [3.63, 3.8) is 0 Å². The first-order valence-electron chi connectivity index (χ1n) is 4.54. The molecule has 0 spiro atoms. The molecular formula is C10H19NO3. The maximum Gasteiger partial charge on any atom is 0.350 e. The van der Waals surface area contributed by atoms with Gasteiger partial charge in [-0.1, -0.05) is 25.9 Å². The zero-order chi connectivity index (χ0) is 11.6. The van der Waals surface area contributed by atoms with Crippen molar-refractivity contribution in [2.24, 2.45) is 10.6 Å². The lowest BCUT2D eigenvalue weighted by Crippen LogP contribution is -2.33. The second-order valence-electron chi connectivity index (χ2n) is 4.83. The van der Waals surface area contributed by atoms with Gasteiger partial charge in [-0.15, -0.1) is 0 Å². The molecule has 82 valence electrons. The van der Waals surface area contributed by atoms with Gasteiger partial charge in [0, 0.05) is 5.41 Å². The Labute approximate surface area is 84.9 Å². The fourth-order valence-electron chi connectivity index (χ4n) is 0.359. The van der Waals surface area contributed by atoms with Crippen LogP contribution in [0.1, 0.15) is 41.5 Å². The van der Waals surface area contributed by atoms with Crippen molar-refractivity contribution in [1.29, 1.82) is 0 Å². The van der Waals surface area contributed by atoms with E-state index in [1.54, 1.807) is 0 Å². The Hall–Kier alpha value is -1.06. The van der Waals surface area contributed by atoms with Crippen LogP contribution in [0, 0.1) is 5.41 Å². The van der Waals surface area contributed by atoms with Gasteiger partial charge in [0.05, 0.1) is 5.71 Å². The van der Waals surface area contributed by atoms with E-state index in [-0.39, 0.29) is 5.41 Å². The minimum Gasteiger partial charge on any atom is -0.478 e. The quantitative estimate of drug-likeness (QED) is 0.563. The molecular weight excluding hydrogens is 182 g/mol. The van der Waals surface area contributed by atoms with Gasteiger partial charge < -0.3 is 9.94 Å². The topological polar surface area (TPSA) is 58.9 Å². The average Bonchev–Trinajstić information content (AvgIpc) is 1.98. The fraction of sp³-hybridized carbons (Fsp3) is 0.800. The van der Waals surface area contributed by atoms with Gasteiger partial charge >= 0.3 is 5.97 Å². The molecule has 0 radical (unpaired) electrons. The normalized spacial score (nSPS) is 14.0. The smallest absolute Gasteiger partial charge is 0.350 e. The van der Waals surface area contributed by atoms with Gasteiger partial charge in [0.2, 0.25) is 5.60 Å². The number of rotatable bonds is 3. The lowest BCUT2D eigenvalue weighted by molar-refractivity contribution is -0.161. The fourth-order valence-corrected chi connectivity index (χ4v) is 0.359. The van der Waals surface area contributed by atoms with Crippen LogP contribution in [-0.4, -0.2) is 22.4 Å². The summed E-state index contributed by atoms with van der Waals surface area (Å²) in [6, 6.07) is 0. The van der Waals surface area contributed by atoms with Crippen molar-refractivity contribution in [3.05, 3.63) is 0 Å². The second-order valence-corrected chi connectivity index (χ2v) is 4.83. The van der Waals surface area contributed by atoms with Crippen LogP contribution >= 0.6 is 0 Å². The number of carboxylic acids is 1. The molecule has 1 N–H and O–H groups in total. The van der Waals surface area contributed by atoms with E-state index in [1.165, 1.54) is 13.8 Å². The Balaban J connectivity index is 4.52. The highest BCUT2D eigenvalue weighted by atomic mass is 16.7. The highest BCUT2D eigenvalue weighted by Crippen LogP contribution is 2.18. The van der Waals surface area contributed by atoms with Crippen LogP contribution in [-0.2, 0) is 9.63 Å². The summed E-state index contributed by atoms with van der Waals surface area (Å²) in [5.74, 6) is -1.03. The Morgan fingerprint density at radius 1 is 1.21 bits per heavy atom. The number of carboxylic acid groups (broad SMARTS) is 1. The van der Waals surface area contributed by atoms with E-state index in [1.807, 2.05) is 27.7 Å². The monoisotopic (exact) mass is 201 g/mol. The van der Waals surface area contributed by atoms with E-state index in [0.717, 1.165) is 5.71 Å². The van der Waals surface area contributed by atoms with Crippen molar-refractivity contribution in [2.45, 2.75) is 47.1 Å². The van der Waals surface area contributed by atoms with Crippen LogP contribution in [0.4, 0.5) is 0 Å². The second kappa shape index (κ2) is 3.98. The molecule has 0 aliphatic carbocycles. The molecule has 0 saturated heterocycles. The van der Waals surface area contributed by atoms with E-state index >= 15 is 0 Å².